The number of aliphatic imine (C=N–C) groups is 4. The molecule has 0 aliphatic heterocycles. The number of benzene rings is 8. The van der Waals surface area contributed by atoms with Crippen LogP contribution in [0.2, 0.25) is 0 Å². The Balaban J connectivity index is 0.000000374. The topological polar surface area (TPSA) is 189 Å². The molecule has 8 aromatic rings. The van der Waals surface area contributed by atoms with Crippen LogP contribution >= 0.6 is 0 Å². The summed E-state index contributed by atoms with van der Waals surface area (Å²) in [6.45, 7) is 28.0. The molecule has 80 heavy (non-hydrogen) atoms. The van der Waals surface area contributed by atoms with Gasteiger partial charge in [0.1, 0.15) is 0 Å². The van der Waals surface area contributed by atoms with E-state index < -0.39 is 0 Å². The van der Waals surface area contributed by atoms with Crippen LogP contribution in [0.25, 0.3) is 21.5 Å². The Hall–Kier alpha value is -7.61. The van der Waals surface area contributed by atoms with Gasteiger partial charge in [0.25, 0.3) is 0 Å². The fourth-order valence-corrected chi connectivity index (χ4v) is 8.20. The summed E-state index contributed by atoms with van der Waals surface area (Å²) in [6, 6.07) is 48.7. The summed E-state index contributed by atoms with van der Waals surface area (Å²) < 4.78 is 0. The molecule has 0 bridgehead atoms. The van der Waals surface area contributed by atoms with Gasteiger partial charge in [0.2, 0.25) is 0 Å². The molecule has 0 aliphatic carbocycles. The minimum Gasteiger partial charge on any atom is -0.872 e. The molecule has 0 saturated heterocycles. The molecule has 0 N–H and O–H groups in total. The van der Waals surface area contributed by atoms with Gasteiger partial charge in [0.15, 0.2) is 0 Å². The molecule has 0 saturated carbocycles. The van der Waals surface area contributed by atoms with E-state index in [1.165, 1.54) is 13.8 Å². The number of hydrogen-bond acceptors (Lipinski definition) is 10. The first kappa shape index (κ1) is 66.7. The fourth-order valence-electron chi connectivity index (χ4n) is 8.20. The van der Waals surface area contributed by atoms with Crippen molar-refractivity contribution in [3.8, 4) is 35.1 Å². The van der Waals surface area contributed by atoms with Gasteiger partial charge in [-0.15, -0.1) is 0 Å². The van der Waals surface area contributed by atoms with Crippen LogP contribution in [-0.2, 0) is 60.6 Å². The van der Waals surface area contributed by atoms with Crippen LogP contribution in [0.1, 0.15) is 141 Å². The number of nitriles is 2. The predicted molar refractivity (Wildman–Crippen MR) is 318 cm³/mol. The van der Waals surface area contributed by atoms with E-state index in [2.05, 4.69) is 103 Å². The number of rotatable bonds is 8. The number of para-hydroxylation sites is 4. The zero-order valence-corrected chi connectivity index (χ0v) is 54.8. The van der Waals surface area contributed by atoms with Gasteiger partial charge in [-0.05, 0) is 112 Å². The van der Waals surface area contributed by atoms with Crippen molar-refractivity contribution in [1.29, 1.82) is 10.5 Å². The molecule has 0 unspecified atom stereocenters. The maximum atomic E-state index is 13.3. The summed E-state index contributed by atoms with van der Waals surface area (Å²) in [5.74, 6) is -0.176. The van der Waals surface area contributed by atoms with Crippen molar-refractivity contribution in [2.45, 2.75) is 119 Å². The smallest absolute Gasteiger partial charge is 0.872 e. The van der Waals surface area contributed by atoms with E-state index in [9.17, 15) is 20.4 Å². The first-order chi connectivity index (χ1) is 36.7. The van der Waals surface area contributed by atoms with Crippen molar-refractivity contribution < 1.29 is 59.4 Å². The van der Waals surface area contributed by atoms with Gasteiger partial charge in [-0.1, -0.05) is 227 Å². The zero-order chi connectivity index (χ0) is 57.6. The van der Waals surface area contributed by atoms with Crippen LogP contribution in [0.5, 0.6) is 23.0 Å². The molecule has 0 amide bonds. The number of nitrogens with zero attached hydrogens (tertiary/aromatic N) is 6. The van der Waals surface area contributed by atoms with Crippen molar-refractivity contribution in [2.75, 3.05) is 0 Å². The first-order valence-electron chi connectivity index (χ1n) is 25.8. The second-order valence-corrected chi connectivity index (χ2v) is 22.7. The SMILES string of the molecule is CC#N.CC#N.CC(C)(C)c1cc(C=Nc2ccccc2N=Cc2c([O-])ccc3ccccc23)c([O-])c(C(C)(C)C)c1.CC(C)(C)c1cc(C=Nc2ccccc2N=Cc2c([O-])ccc3ccccc23)c([O-])c(C(C)(C)C)c1.[Zn+2].[Zn+2]. The monoisotopic (exact) mass is 1160 g/mol. The molecule has 8 rings (SSSR count). The van der Waals surface area contributed by atoms with E-state index in [1.807, 2.05) is 133 Å². The Morgan fingerprint density at radius 3 is 0.938 bits per heavy atom. The summed E-state index contributed by atoms with van der Waals surface area (Å²) >= 11 is 0. The Kier molecular flexibility index (Phi) is 24.2. The van der Waals surface area contributed by atoms with E-state index >= 15 is 0 Å². The normalized spacial score (nSPS) is 11.7. The molecule has 0 radical (unpaired) electrons. The Morgan fingerprint density at radius 2 is 0.650 bits per heavy atom. The predicted octanol–water partition coefficient (Wildman–Crippen LogP) is 15.2. The van der Waals surface area contributed by atoms with Crippen LogP contribution in [0.4, 0.5) is 22.7 Å². The molecule has 0 fully saturated rings. The van der Waals surface area contributed by atoms with Crippen molar-refractivity contribution >= 4 is 69.2 Å². The molecule has 8 aromatic carbocycles. The fraction of sp³-hybridized carbons (Fsp3) is 0.265. The third-order valence-electron chi connectivity index (χ3n) is 12.6. The van der Waals surface area contributed by atoms with Crippen molar-refractivity contribution in [3.05, 3.63) is 190 Å². The molecule has 400 valence electrons. The van der Waals surface area contributed by atoms with E-state index in [0.29, 0.717) is 45.0 Å². The summed E-state index contributed by atoms with van der Waals surface area (Å²) in [6.07, 6.45) is 6.49. The minimum absolute atomic E-state index is 0. The second-order valence-electron chi connectivity index (χ2n) is 22.7. The van der Waals surface area contributed by atoms with Crippen LogP contribution in [0.15, 0.2) is 166 Å². The van der Waals surface area contributed by atoms with Gasteiger partial charge in [-0.3, -0.25) is 20.0 Å². The van der Waals surface area contributed by atoms with Crippen molar-refractivity contribution in [2.24, 2.45) is 20.0 Å². The summed E-state index contributed by atoms with van der Waals surface area (Å²) in [4.78, 5) is 18.6. The summed E-state index contributed by atoms with van der Waals surface area (Å²) in [5, 5.41) is 70.1. The molecule has 0 aliphatic rings. The molecule has 0 spiro atoms. The summed E-state index contributed by atoms with van der Waals surface area (Å²) in [5.41, 5.74) is 7.68. The molecule has 0 heterocycles. The average molecular weight is 1170 g/mol. The first-order valence-corrected chi connectivity index (χ1v) is 25.8. The van der Waals surface area contributed by atoms with Crippen LogP contribution in [0, 0.1) is 22.7 Å². The van der Waals surface area contributed by atoms with Crippen LogP contribution in [0.3, 0.4) is 0 Å². The van der Waals surface area contributed by atoms with E-state index in [0.717, 1.165) is 43.8 Å². The van der Waals surface area contributed by atoms with Crippen LogP contribution in [-0.4, -0.2) is 24.9 Å². The Labute approximate surface area is 499 Å². The van der Waals surface area contributed by atoms with Crippen molar-refractivity contribution in [3.63, 3.8) is 0 Å². The quantitative estimate of drug-likeness (QED) is 0.107. The molecule has 10 nitrogen and oxygen atoms in total. The average Bonchev–Trinajstić information content (AvgIpc) is 3.37. The summed E-state index contributed by atoms with van der Waals surface area (Å²) in [7, 11) is 0. The zero-order valence-electron chi connectivity index (χ0n) is 48.9. The van der Waals surface area contributed by atoms with E-state index in [4.69, 9.17) is 10.5 Å². The Bertz CT molecular complexity index is 3380. The number of hydrogen-bond donors (Lipinski definition) is 0. The van der Waals surface area contributed by atoms with Gasteiger partial charge in [0.05, 0.1) is 34.9 Å². The van der Waals surface area contributed by atoms with Gasteiger partial charge >= 0.3 is 39.0 Å². The second kappa shape index (κ2) is 29.0. The molecule has 0 aromatic heterocycles. The van der Waals surface area contributed by atoms with Gasteiger partial charge < -0.3 is 20.4 Å². The standard InChI is InChI=1S/2C32H34N2O2.2C2H3N.2Zn/c2*1-31(2,3)23-17-22(30(36)26(18-23)32(4,5)6)19-33-27-13-9-10-14-28(27)34-20-25-24-12-8-7-11-21(24)15-16-29(25)35;2*1-2-3;;/h2*7-20,35-36H,1-6H3;2*1H3;;/q;;;;2*+2/p-4. The van der Waals surface area contributed by atoms with Gasteiger partial charge in [0, 0.05) is 38.7 Å². The third kappa shape index (κ3) is 17.7. The van der Waals surface area contributed by atoms with E-state index in [1.54, 1.807) is 49.1 Å². The molecular formula is C68H70N6O4Zn2. The Morgan fingerprint density at radius 1 is 0.375 bits per heavy atom. The molecule has 12 heteroatoms. The minimum atomic E-state index is -0.280. The maximum absolute atomic E-state index is 13.3. The van der Waals surface area contributed by atoms with Gasteiger partial charge in [-0.25, -0.2) is 0 Å². The molecular weight excluding hydrogens is 1100 g/mol. The number of fused-ring (bicyclic) bond motifs is 2. The van der Waals surface area contributed by atoms with Crippen molar-refractivity contribution in [1.82, 2.24) is 0 Å². The van der Waals surface area contributed by atoms with Gasteiger partial charge in [-0.2, -0.15) is 10.5 Å². The largest absolute Gasteiger partial charge is 2.00 e. The van der Waals surface area contributed by atoms with Crippen LogP contribution < -0.4 is 20.4 Å². The maximum Gasteiger partial charge on any atom is 2.00 e. The molecule has 0 atom stereocenters. The van der Waals surface area contributed by atoms with E-state index in [-0.39, 0.29) is 83.6 Å². The third-order valence-corrected chi connectivity index (χ3v) is 12.6.